The molecule has 3 aromatic rings. The average molecular weight is 345 g/mol. The molecule has 3 heterocycles. The second-order valence-corrected chi connectivity index (χ2v) is 7.75. The van der Waals surface area contributed by atoms with Gasteiger partial charge in [-0.3, -0.25) is 14.3 Å². The summed E-state index contributed by atoms with van der Waals surface area (Å²) in [6.45, 7) is 3.96. The quantitative estimate of drug-likeness (QED) is 0.672. The number of hydrogen-bond acceptors (Lipinski definition) is 3. The molecule has 0 amide bonds. The zero-order valence-electron chi connectivity index (χ0n) is 15.4. The van der Waals surface area contributed by atoms with E-state index in [1.165, 1.54) is 22.2 Å². The van der Waals surface area contributed by atoms with Crippen LogP contribution in [0.3, 0.4) is 0 Å². The first-order valence-corrected chi connectivity index (χ1v) is 9.19. The van der Waals surface area contributed by atoms with Crippen molar-refractivity contribution >= 4 is 16.8 Å². The van der Waals surface area contributed by atoms with Crippen LogP contribution < -0.4 is 0 Å². The van der Waals surface area contributed by atoms with E-state index < -0.39 is 0 Å². The first-order chi connectivity index (χ1) is 12.6. The summed E-state index contributed by atoms with van der Waals surface area (Å²) < 4.78 is 2.01. The van der Waals surface area contributed by atoms with Crippen LogP contribution in [0.5, 0.6) is 0 Å². The number of likely N-dealkylation sites (N-methyl/N-ethyl adjacent to an activating group) is 2. The number of carbonyl (C=O) groups is 1. The summed E-state index contributed by atoms with van der Waals surface area (Å²) in [5.41, 5.74) is 5.87. The predicted octanol–water partition coefficient (Wildman–Crippen LogP) is 3.76. The standard InChI is InChI=1S/C22H23N3O/c1-14-9-10-18-16(11-14)17-12-23(2)13-19-21(17)25(18)22(26)20(24(19)3)15-7-5-4-6-8-15/h4-11,19-20H,12-13H2,1-3H3. The molecular weight excluding hydrogens is 322 g/mol. The first-order valence-electron chi connectivity index (χ1n) is 9.19. The van der Waals surface area contributed by atoms with Gasteiger partial charge in [0.05, 0.1) is 11.6 Å². The molecule has 0 radical (unpaired) electrons. The number of aromatic nitrogens is 1. The van der Waals surface area contributed by atoms with E-state index in [1.807, 2.05) is 22.8 Å². The highest BCUT2D eigenvalue weighted by Gasteiger charge is 2.44. The van der Waals surface area contributed by atoms with Crippen molar-refractivity contribution < 1.29 is 4.79 Å². The molecule has 1 aromatic heterocycles. The van der Waals surface area contributed by atoms with Crippen LogP contribution in [0.2, 0.25) is 0 Å². The fraction of sp³-hybridized carbons (Fsp3) is 0.318. The second-order valence-electron chi connectivity index (χ2n) is 7.75. The summed E-state index contributed by atoms with van der Waals surface area (Å²) in [6, 6.07) is 16.6. The fourth-order valence-electron chi connectivity index (χ4n) is 4.77. The molecule has 2 aliphatic heterocycles. The van der Waals surface area contributed by atoms with Gasteiger partial charge in [0.1, 0.15) is 6.04 Å². The Morgan fingerprint density at radius 1 is 1.04 bits per heavy atom. The van der Waals surface area contributed by atoms with E-state index in [0.29, 0.717) is 0 Å². The minimum Gasteiger partial charge on any atom is -0.300 e. The fourth-order valence-corrected chi connectivity index (χ4v) is 4.77. The van der Waals surface area contributed by atoms with Crippen molar-refractivity contribution in [3.05, 3.63) is 70.9 Å². The average Bonchev–Trinajstić information content (AvgIpc) is 2.95. The summed E-state index contributed by atoms with van der Waals surface area (Å²) in [6.07, 6.45) is 0. The lowest BCUT2D eigenvalue weighted by atomic mass is 9.94. The lowest BCUT2D eigenvalue weighted by Crippen LogP contribution is -2.48. The molecule has 4 heteroatoms. The van der Waals surface area contributed by atoms with Crippen molar-refractivity contribution in [2.24, 2.45) is 0 Å². The number of hydrogen-bond donors (Lipinski definition) is 0. The number of aryl methyl sites for hydroxylation is 1. The Hall–Kier alpha value is -2.43. The van der Waals surface area contributed by atoms with Crippen LogP contribution >= 0.6 is 0 Å². The minimum atomic E-state index is -0.245. The van der Waals surface area contributed by atoms with Crippen LogP contribution in [0.4, 0.5) is 0 Å². The molecule has 0 aliphatic carbocycles. The van der Waals surface area contributed by atoms with Crippen LogP contribution in [-0.4, -0.2) is 40.9 Å². The van der Waals surface area contributed by atoms with Gasteiger partial charge in [0, 0.05) is 24.2 Å². The van der Waals surface area contributed by atoms with Gasteiger partial charge < -0.3 is 4.90 Å². The maximum Gasteiger partial charge on any atom is 0.253 e. The third-order valence-corrected chi connectivity index (χ3v) is 5.96. The Labute approximate surface area is 153 Å². The zero-order valence-corrected chi connectivity index (χ0v) is 15.4. The molecule has 0 fully saturated rings. The van der Waals surface area contributed by atoms with Crippen molar-refractivity contribution in [1.82, 2.24) is 14.4 Å². The van der Waals surface area contributed by atoms with Crippen LogP contribution in [0.25, 0.3) is 10.9 Å². The molecule has 5 rings (SSSR count). The van der Waals surface area contributed by atoms with Gasteiger partial charge in [0.25, 0.3) is 5.91 Å². The summed E-state index contributed by atoms with van der Waals surface area (Å²) >= 11 is 0. The number of fused-ring (bicyclic) bond motifs is 3. The minimum absolute atomic E-state index is 0.162. The van der Waals surface area contributed by atoms with E-state index >= 15 is 0 Å². The molecule has 0 N–H and O–H groups in total. The summed E-state index contributed by atoms with van der Waals surface area (Å²) in [4.78, 5) is 18.2. The van der Waals surface area contributed by atoms with Gasteiger partial charge in [0.15, 0.2) is 0 Å². The predicted molar refractivity (Wildman–Crippen MR) is 103 cm³/mol. The van der Waals surface area contributed by atoms with Crippen molar-refractivity contribution in [3.63, 3.8) is 0 Å². The highest BCUT2D eigenvalue weighted by Crippen LogP contribution is 2.44. The van der Waals surface area contributed by atoms with Gasteiger partial charge in [-0.1, -0.05) is 42.0 Å². The summed E-state index contributed by atoms with van der Waals surface area (Å²) in [5.74, 6) is 0.162. The summed E-state index contributed by atoms with van der Waals surface area (Å²) in [7, 11) is 4.26. The molecule has 2 atom stereocenters. The van der Waals surface area contributed by atoms with Crippen molar-refractivity contribution in [3.8, 4) is 0 Å². The molecule has 132 valence electrons. The van der Waals surface area contributed by atoms with E-state index in [0.717, 1.165) is 24.2 Å². The second kappa shape index (κ2) is 5.53. The first kappa shape index (κ1) is 15.8. The van der Waals surface area contributed by atoms with Crippen LogP contribution in [0, 0.1) is 6.92 Å². The largest absolute Gasteiger partial charge is 0.300 e. The Morgan fingerprint density at radius 2 is 1.81 bits per heavy atom. The van der Waals surface area contributed by atoms with Gasteiger partial charge in [0.2, 0.25) is 0 Å². The van der Waals surface area contributed by atoms with E-state index in [2.05, 4.69) is 61.2 Å². The normalized spacial score (nSPS) is 23.4. The Balaban J connectivity index is 1.81. The molecule has 26 heavy (non-hydrogen) atoms. The van der Waals surface area contributed by atoms with Crippen molar-refractivity contribution in [2.75, 3.05) is 20.6 Å². The molecule has 2 aromatic carbocycles. The monoisotopic (exact) mass is 345 g/mol. The van der Waals surface area contributed by atoms with E-state index in [4.69, 9.17) is 0 Å². The Kier molecular flexibility index (Phi) is 3.36. The number of nitrogens with zero attached hydrogens (tertiary/aromatic N) is 3. The van der Waals surface area contributed by atoms with E-state index in [9.17, 15) is 4.79 Å². The van der Waals surface area contributed by atoms with Crippen LogP contribution in [0.1, 0.15) is 39.3 Å². The number of benzene rings is 2. The van der Waals surface area contributed by atoms with Crippen LogP contribution in [0.15, 0.2) is 48.5 Å². The molecule has 0 saturated carbocycles. The van der Waals surface area contributed by atoms with Crippen molar-refractivity contribution in [1.29, 1.82) is 0 Å². The lowest BCUT2D eigenvalue weighted by Gasteiger charge is -2.44. The molecule has 4 nitrogen and oxygen atoms in total. The van der Waals surface area contributed by atoms with Gasteiger partial charge in [-0.15, -0.1) is 0 Å². The van der Waals surface area contributed by atoms with Gasteiger partial charge >= 0.3 is 0 Å². The summed E-state index contributed by atoms with van der Waals surface area (Å²) in [5, 5.41) is 1.23. The van der Waals surface area contributed by atoms with Crippen molar-refractivity contribution in [2.45, 2.75) is 25.6 Å². The molecule has 0 bridgehead atoms. The Bertz CT molecular complexity index is 1020. The molecule has 0 saturated heterocycles. The Morgan fingerprint density at radius 3 is 2.58 bits per heavy atom. The number of rotatable bonds is 1. The molecule has 2 unspecified atom stereocenters. The smallest absolute Gasteiger partial charge is 0.253 e. The highest BCUT2D eigenvalue weighted by molar-refractivity contribution is 6.00. The van der Waals surface area contributed by atoms with Gasteiger partial charge in [-0.25, -0.2) is 0 Å². The maximum absolute atomic E-state index is 13.6. The highest BCUT2D eigenvalue weighted by atomic mass is 16.2. The van der Waals surface area contributed by atoms with Gasteiger partial charge in [-0.05, 0) is 44.3 Å². The van der Waals surface area contributed by atoms with Crippen LogP contribution in [-0.2, 0) is 6.54 Å². The van der Waals surface area contributed by atoms with Gasteiger partial charge in [-0.2, -0.15) is 0 Å². The topological polar surface area (TPSA) is 28.5 Å². The zero-order chi connectivity index (χ0) is 18.0. The third kappa shape index (κ3) is 2.06. The molecule has 2 aliphatic rings. The van der Waals surface area contributed by atoms with E-state index in [-0.39, 0.29) is 18.0 Å². The maximum atomic E-state index is 13.6. The number of carbonyl (C=O) groups excluding carboxylic acids is 1. The molecular formula is C22H23N3O. The SMILES string of the molecule is Cc1ccc2c(c1)c1c3n2C(=O)C(c2ccccc2)N(C)C3CN(C)C1. The molecule has 0 spiro atoms. The van der Waals surface area contributed by atoms with E-state index in [1.54, 1.807) is 0 Å². The lowest BCUT2D eigenvalue weighted by molar-refractivity contribution is 0.0516. The third-order valence-electron chi connectivity index (χ3n) is 5.96.